The lowest BCUT2D eigenvalue weighted by Crippen LogP contribution is -2.25. The second-order valence-corrected chi connectivity index (χ2v) is 5.89. The summed E-state index contributed by atoms with van der Waals surface area (Å²) in [4.78, 5) is 27.6. The van der Waals surface area contributed by atoms with E-state index in [-0.39, 0.29) is 36.2 Å². The number of carbonyl (C=O) groups is 2. The van der Waals surface area contributed by atoms with E-state index in [1.807, 2.05) is 0 Å². The Bertz CT molecular complexity index is 770. The number of halogens is 1. The fourth-order valence-electron chi connectivity index (χ4n) is 2.50. The Kier molecular flexibility index (Phi) is 4.55. The Morgan fingerprint density at radius 1 is 1.17 bits per heavy atom. The summed E-state index contributed by atoms with van der Waals surface area (Å²) in [6.07, 6.45) is 2.06. The maximum atomic E-state index is 12.8. The molecule has 1 aliphatic carbocycles. The van der Waals surface area contributed by atoms with E-state index in [2.05, 4.69) is 10.3 Å². The SMILES string of the molecule is O=C(Cc1ccc(F)cc1)NCc1ccc(C(=O)O)c(C2CC2)n1. The summed E-state index contributed by atoms with van der Waals surface area (Å²) in [6, 6.07) is 8.94. The van der Waals surface area contributed by atoms with Crippen molar-refractivity contribution in [3.05, 3.63) is 64.7 Å². The number of pyridine rings is 1. The standard InChI is InChI=1S/C18H17FN2O3/c19-13-5-1-11(2-6-13)9-16(22)20-10-14-7-8-15(18(23)24)17(21-14)12-3-4-12/h1-2,5-8,12H,3-4,9-10H2,(H,20,22)(H,23,24). The first-order valence-corrected chi connectivity index (χ1v) is 7.77. The zero-order chi connectivity index (χ0) is 17.1. The molecule has 2 N–H and O–H groups in total. The number of aromatic nitrogens is 1. The molecule has 1 fully saturated rings. The number of rotatable bonds is 6. The molecule has 6 heteroatoms. The number of hydrogen-bond donors (Lipinski definition) is 2. The van der Waals surface area contributed by atoms with Gasteiger partial charge in [-0.15, -0.1) is 0 Å². The van der Waals surface area contributed by atoms with Crippen molar-refractivity contribution < 1.29 is 19.1 Å². The molecule has 1 amide bonds. The Labute approximate surface area is 138 Å². The summed E-state index contributed by atoms with van der Waals surface area (Å²) in [7, 11) is 0. The van der Waals surface area contributed by atoms with Crippen molar-refractivity contribution in [2.24, 2.45) is 0 Å². The number of hydrogen-bond acceptors (Lipinski definition) is 3. The van der Waals surface area contributed by atoms with Crippen LogP contribution < -0.4 is 5.32 Å². The van der Waals surface area contributed by atoms with E-state index in [9.17, 15) is 19.1 Å². The van der Waals surface area contributed by atoms with Crippen LogP contribution in [0.4, 0.5) is 4.39 Å². The first-order valence-electron chi connectivity index (χ1n) is 7.77. The van der Waals surface area contributed by atoms with Crippen molar-refractivity contribution in [1.29, 1.82) is 0 Å². The molecule has 0 unspecified atom stereocenters. The van der Waals surface area contributed by atoms with E-state index in [0.717, 1.165) is 18.4 Å². The van der Waals surface area contributed by atoms with Gasteiger partial charge in [-0.3, -0.25) is 9.78 Å². The lowest BCUT2D eigenvalue weighted by Gasteiger charge is -2.09. The topological polar surface area (TPSA) is 79.3 Å². The van der Waals surface area contributed by atoms with Gasteiger partial charge in [0.2, 0.25) is 5.91 Å². The van der Waals surface area contributed by atoms with Gasteiger partial charge in [0.05, 0.1) is 29.9 Å². The van der Waals surface area contributed by atoms with Crippen LogP contribution in [0.15, 0.2) is 36.4 Å². The molecule has 1 aliphatic rings. The molecule has 0 atom stereocenters. The number of carboxylic acid groups (broad SMARTS) is 1. The molecule has 0 spiro atoms. The molecule has 1 aromatic carbocycles. The summed E-state index contributed by atoms with van der Waals surface area (Å²) < 4.78 is 12.8. The van der Waals surface area contributed by atoms with E-state index in [1.165, 1.54) is 12.1 Å². The van der Waals surface area contributed by atoms with Gasteiger partial charge in [0, 0.05) is 5.92 Å². The number of nitrogens with one attached hydrogen (secondary N) is 1. The lowest BCUT2D eigenvalue weighted by atomic mass is 10.1. The van der Waals surface area contributed by atoms with Crippen LogP contribution in [-0.2, 0) is 17.8 Å². The first-order chi connectivity index (χ1) is 11.5. The van der Waals surface area contributed by atoms with Crippen molar-refractivity contribution in [1.82, 2.24) is 10.3 Å². The van der Waals surface area contributed by atoms with Crippen LogP contribution in [0.5, 0.6) is 0 Å². The van der Waals surface area contributed by atoms with E-state index in [0.29, 0.717) is 11.4 Å². The number of benzene rings is 1. The van der Waals surface area contributed by atoms with Crippen molar-refractivity contribution in [3.63, 3.8) is 0 Å². The van der Waals surface area contributed by atoms with Gasteiger partial charge >= 0.3 is 5.97 Å². The smallest absolute Gasteiger partial charge is 0.337 e. The highest BCUT2D eigenvalue weighted by Crippen LogP contribution is 2.40. The molecular formula is C18H17FN2O3. The van der Waals surface area contributed by atoms with Gasteiger partial charge in [0.15, 0.2) is 0 Å². The zero-order valence-electron chi connectivity index (χ0n) is 13.0. The number of aromatic carboxylic acids is 1. The van der Waals surface area contributed by atoms with Crippen LogP contribution >= 0.6 is 0 Å². The van der Waals surface area contributed by atoms with Crippen molar-refractivity contribution in [3.8, 4) is 0 Å². The third kappa shape index (κ3) is 3.95. The van der Waals surface area contributed by atoms with Gasteiger partial charge in [-0.05, 0) is 42.7 Å². The monoisotopic (exact) mass is 328 g/mol. The van der Waals surface area contributed by atoms with Crippen LogP contribution in [-0.4, -0.2) is 22.0 Å². The molecule has 0 saturated heterocycles. The van der Waals surface area contributed by atoms with Gasteiger partial charge in [0.25, 0.3) is 0 Å². The van der Waals surface area contributed by atoms with Gasteiger partial charge in [-0.25, -0.2) is 9.18 Å². The van der Waals surface area contributed by atoms with Crippen LogP contribution in [0, 0.1) is 5.82 Å². The van der Waals surface area contributed by atoms with E-state index >= 15 is 0 Å². The Balaban J connectivity index is 1.61. The predicted octanol–water partition coefficient (Wildman–Crippen LogP) is 2.66. The highest BCUT2D eigenvalue weighted by molar-refractivity contribution is 5.89. The van der Waals surface area contributed by atoms with Crippen LogP contribution in [0.3, 0.4) is 0 Å². The van der Waals surface area contributed by atoms with E-state index < -0.39 is 5.97 Å². The van der Waals surface area contributed by atoms with Gasteiger partial charge in [0.1, 0.15) is 5.82 Å². The summed E-state index contributed by atoms with van der Waals surface area (Å²) in [6.45, 7) is 0.236. The molecule has 1 aromatic heterocycles. The zero-order valence-corrected chi connectivity index (χ0v) is 13.0. The summed E-state index contributed by atoms with van der Waals surface area (Å²) >= 11 is 0. The predicted molar refractivity (Wildman–Crippen MR) is 85.1 cm³/mol. The minimum Gasteiger partial charge on any atom is -0.478 e. The fraction of sp³-hybridized carbons (Fsp3) is 0.278. The molecule has 1 saturated carbocycles. The maximum Gasteiger partial charge on any atom is 0.337 e. The quantitative estimate of drug-likeness (QED) is 0.854. The summed E-state index contributed by atoms with van der Waals surface area (Å²) in [5.74, 6) is -1.30. The van der Waals surface area contributed by atoms with Gasteiger partial charge in [-0.2, -0.15) is 0 Å². The van der Waals surface area contributed by atoms with E-state index in [4.69, 9.17) is 0 Å². The number of carboxylic acids is 1. The molecule has 1 heterocycles. The molecule has 24 heavy (non-hydrogen) atoms. The van der Waals surface area contributed by atoms with Crippen LogP contribution in [0.2, 0.25) is 0 Å². The summed E-state index contributed by atoms with van der Waals surface area (Å²) in [5, 5.41) is 12.0. The second-order valence-electron chi connectivity index (χ2n) is 5.89. The normalized spacial score (nSPS) is 13.5. The largest absolute Gasteiger partial charge is 0.478 e. The molecule has 5 nitrogen and oxygen atoms in total. The maximum absolute atomic E-state index is 12.8. The van der Waals surface area contributed by atoms with Gasteiger partial charge in [-0.1, -0.05) is 12.1 Å². The number of amides is 1. The molecule has 0 bridgehead atoms. The van der Waals surface area contributed by atoms with Gasteiger partial charge < -0.3 is 10.4 Å². The Morgan fingerprint density at radius 2 is 1.88 bits per heavy atom. The Morgan fingerprint density at radius 3 is 2.50 bits per heavy atom. The average molecular weight is 328 g/mol. The molecule has 2 aromatic rings. The molecule has 124 valence electrons. The molecule has 3 rings (SSSR count). The van der Waals surface area contributed by atoms with Crippen molar-refractivity contribution >= 4 is 11.9 Å². The second kappa shape index (κ2) is 6.78. The van der Waals surface area contributed by atoms with Crippen molar-refractivity contribution in [2.45, 2.75) is 31.7 Å². The average Bonchev–Trinajstić information content (AvgIpc) is 3.39. The summed E-state index contributed by atoms with van der Waals surface area (Å²) in [5.41, 5.74) is 2.20. The third-order valence-electron chi connectivity index (χ3n) is 3.92. The number of nitrogens with zero attached hydrogens (tertiary/aromatic N) is 1. The first kappa shape index (κ1) is 16.1. The lowest BCUT2D eigenvalue weighted by molar-refractivity contribution is -0.120. The van der Waals surface area contributed by atoms with E-state index in [1.54, 1.807) is 24.3 Å². The number of carbonyl (C=O) groups excluding carboxylic acids is 1. The minimum atomic E-state index is -0.976. The third-order valence-corrected chi connectivity index (χ3v) is 3.92. The Hall–Kier alpha value is -2.76. The van der Waals surface area contributed by atoms with Crippen LogP contribution in [0.1, 0.15) is 46.1 Å². The molecular weight excluding hydrogens is 311 g/mol. The van der Waals surface area contributed by atoms with Crippen LogP contribution in [0.25, 0.3) is 0 Å². The molecule has 0 radical (unpaired) electrons. The highest BCUT2D eigenvalue weighted by atomic mass is 19.1. The highest BCUT2D eigenvalue weighted by Gasteiger charge is 2.29. The fourth-order valence-corrected chi connectivity index (χ4v) is 2.50. The minimum absolute atomic E-state index is 0.156. The van der Waals surface area contributed by atoms with Crippen molar-refractivity contribution in [2.75, 3.05) is 0 Å². The molecule has 0 aliphatic heterocycles.